The van der Waals surface area contributed by atoms with Gasteiger partial charge in [-0.15, -0.1) is 0 Å². The number of carbonyl (C=O) groups excluding carboxylic acids is 1. The van der Waals surface area contributed by atoms with Crippen LogP contribution in [-0.4, -0.2) is 51.3 Å². The number of alkyl halides is 3. The SMILES string of the molecule is O=C(O)[C@@H]1CN(C(=O)c2cn[nH]c2-c2ccc(F)cc2)C[C@H]1C(F)(F)F. The predicted molar refractivity (Wildman–Crippen MR) is 80.6 cm³/mol. The second kappa shape index (κ2) is 6.43. The standard InChI is InChI=1S/C16H13F4N3O3/c17-9-3-1-8(2-4-9)13-10(5-21-22-13)14(24)23-6-11(15(25)26)12(7-23)16(18,19)20/h1-5,11-12H,6-7H2,(H,21,22)(H,25,26)/t11-,12-/m1/s1. The van der Waals surface area contributed by atoms with Crippen LogP contribution in [0.2, 0.25) is 0 Å². The van der Waals surface area contributed by atoms with Gasteiger partial charge >= 0.3 is 12.1 Å². The van der Waals surface area contributed by atoms with Gasteiger partial charge in [-0.25, -0.2) is 4.39 Å². The van der Waals surface area contributed by atoms with Crippen molar-refractivity contribution in [2.24, 2.45) is 11.8 Å². The zero-order valence-electron chi connectivity index (χ0n) is 13.1. The van der Waals surface area contributed by atoms with Gasteiger partial charge in [0, 0.05) is 18.7 Å². The monoisotopic (exact) mass is 371 g/mol. The summed E-state index contributed by atoms with van der Waals surface area (Å²) in [5, 5.41) is 15.3. The van der Waals surface area contributed by atoms with Crippen LogP contribution in [0.5, 0.6) is 0 Å². The average molecular weight is 371 g/mol. The van der Waals surface area contributed by atoms with E-state index in [-0.39, 0.29) is 11.3 Å². The molecule has 0 radical (unpaired) electrons. The van der Waals surface area contributed by atoms with Gasteiger partial charge in [0.05, 0.1) is 29.3 Å². The van der Waals surface area contributed by atoms with Gasteiger partial charge in [-0.05, 0) is 24.3 Å². The highest BCUT2D eigenvalue weighted by Crippen LogP contribution is 2.38. The number of nitrogens with zero attached hydrogens (tertiary/aromatic N) is 2. The molecule has 2 N–H and O–H groups in total. The Labute approximate surface area is 144 Å². The first-order chi connectivity index (χ1) is 12.2. The molecule has 138 valence electrons. The van der Waals surface area contributed by atoms with E-state index < -0.39 is 48.8 Å². The largest absolute Gasteiger partial charge is 0.481 e. The van der Waals surface area contributed by atoms with Crippen LogP contribution in [0.15, 0.2) is 30.5 Å². The van der Waals surface area contributed by atoms with Crippen LogP contribution in [0, 0.1) is 17.7 Å². The minimum atomic E-state index is -4.73. The number of aromatic nitrogens is 2. The first-order valence-corrected chi connectivity index (χ1v) is 7.56. The van der Waals surface area contributed by atoms with E-state index in [0.717, 1.165) is 11.1 Å². The van der Waals surface area contributed by atoms with E-state index in [4.69, 9.17) is 5.11 Å². The zero-order valence-corrected chi connectivity index (χ0v) is 13.1. The molecule has 2 atom stereocenters. The number of nitrogens with one attached hydrogen (secondary N) is 1. The van der Waals surface area contributed by atoms with Crippen molar-refractivity contribution in [3.63, 3.8) is 0 Å². The van der Waals surface area contributed by atoms with Gasteiger partial charge in [0.1, 0.15) is 5.82 Å². The molecule has 1 fully saturated rings. The van der Waals surface area contributed by atoms with E-state index in [9.17, 15) is 27.2 Å². The summed E-state index contributed by atoms with van der Waals surface area (Å²) in [5.74, 6) is -6.71. The molecule has 1 aromatic heterocycles. The van der Waals surface area contributed by atoms with Crippen LogP contribution < -0.4 is 0 Å². The number of likely N-dealkylation sites (tertiary alicyclic amines) is 1. The molecular formula is C16H13F4N3O3. The van der Waals surface area contributed by atoms with Gasteiger partial charge < -0.3 is 10.0 Å². The number of aromatic amines is 1. The van der Waals surface area contributed by atoms with E-state index >= 15 is 0 Å². The molecule has 0 spiro atoms. The van der Waals surface area contributed by atoms with Gasteiger partial charge in [-0.2, -0.15) is 18.3 Å². The van der Waals surface area contributed by atoms with Crippen molar-refractivity contribution in [1.29, 1.82) is 0 Å². The Morgan fingerprint density at radius 2 is 1.85 bits per heavy atom. The molecule has 2 aromatic rings. The van der Waals surface area contributed by atoms with Crippen LogP contribution >= 0.6 is 0 Å². The number of hydrogen-bond donors (Lipinski definition) is 2. The van der Waals surface area contributed by atoms with Gasteiger partial charge in [0.25, 0.3) is 5.91 Å². The summed E-state index contributed by atoms with van der Waals surface area (Å²) in [7, 11) is 0. The molecule has 10 heteroatoms. The fraction of sp³-hybridized carbons (Fsp3) is 0.312. The van der Waals surface area contributed by atoms with Crippen molar-refractivity contribution in [2.75, 3.05) is 13.1 Å². The smallest absolute Gasteiger partial charge is 0.394 e. The number of carboxylic acid groups (broad SMARTS) is 1. The summed E-state index contributed by atoms with van der Waals surface area (Å²) in [6.45, 7) is -1.29. The lowest BCUT2D eigenvalue weighted by molar-refractivity contribution is -0.187. The minimum Gasteiger partial charge on any atom is -0.481 e. The lowest BCUT2D eigenvalue weighted by Crippen LogP contribution is -2.34. The molecule has 2 heterocycles. The quantitative estimate of drug-likeness (QED) is 0.812. The first kappa shape index (κ1) is 17.9. The van der Waals surface area contributed by atoms with E-state index in [1.165, 1.54) is 24.3 Å². The van der Waals surface area contributed by atoms with E-state index in [2.05, 4.69) is 10.2 Å². The Morgan fingerprint density at radius 1 is 1.19 bits per heavy atom. The number of benzene rings is 1. The third-order valence-electron chi connectivity index (χ3n) is 4.35. The Balaban J connectivity index is 1.88. The number of amides is 1. The number of carboxylic acids is 1. The second-order valence-corrected chi connectivity index (χ2v) is 5.97. The molecule has 1 aliphatic heterocycles. The van der Waals surface area contributed by atoms with Crippen molar-refractivity contribution in [3.05, 3.63) is 41.8 Å². The van der Waals surface area contributed by atoms with Crippen LogP contribution in [0.25, 0.3) is 11.3 Å². The second-order valence-electron chi connectivity index (χ2n) is 5.97. The van der Waals surface area contributed by atoms with Crippen molar-refractivity contribution < 1.29 is 32.3 Å². The van der Waals surface area contributed by atoms with Crippen LogP contribution in [0.4, 0.5) is 17.6 Å². The number of aliphatic carboxylic acids is 1. The number of halogens is 4. The molecule has 0 aliphatic carbocycles. The molecule has 1 aromatic carbocycles. The fourth-order valence-electron chi connectivity index (χ4n) is 3.01. The molecule has 1 amide bonds. The van der Waals surface area contributed by atoms with E-state index in [0.29, 0.717) is 5.56 Å². The van der Waals surface area contributed by atoms with E-state index in [1.807, 2.05) is 0 Å². The molecule has 0 bridgehead atoms. The molecular weight excluding hydrogens is 358 g/mol. The summed E-state index contributed by atoms with van der Waals surface area (Å²) in [5.41, 5.74) is 0.634. The van der Waals surface area contributed by atoms with Gasteiger partial charge in [0.15, 0.2) is 0 Å². The number of hydrogen-bond acceptors (Lipinski definition) is 3. The summed E-state index contributed by atoms with van der Waals surface area (Å²) < 4.78 is 52.3. The Morgan fingerprint density at radius 3 is 2.38 bits per heavy atom. The summed E-state index contributed by atoms with van der Waals surface area (Å²) in [6, 6.07) is 5.12. The predicted octanol–water partition coefficient (Wildman–Crippen LogP) is 2.55. The highest BCUT2D eigenvalue weighted by molar-refractivity contribution is 6.00. The fourth-order valence-corrected chi connectivity index (χ4v) is 3.01. The summed E-state index contributed by atoms with van der Waals surface area (Å²) in [4.78, 5) is 24.6. The highest BCUT2D eigenvalue weighted by Gasteiger charge is 2.53. The maximum Gasteiger partial charge on any atom is 0.394 e. The molecule has 3 rings (SSSR count). The third kappa shape index (κ3) is 3.26. The maximum atomic E-state index is 13.1. The topological polar surface area (TPSA) is 86.3 Å². The van der Waals surface area contributed by atoms with Crippen molar-refractivity contribution >= 4 is 11.9 Å². The third-order valence-corrected chi connectivity index (χ3v) is 4.35. The first-order valence-electron chi connectivity index (χ1n) is 7.56. The highest BCUT2D eigenvalue weighted by atomic mass is 19.4. The Kier molecular flexibility index (Phi) is 4.43. The van der Waals surface area contributed by atoms with Gasteiger partial charge in [0.2, 0.25) is 0 Å². The molecule has 0 saturated carbocycles. The zero-order chi connectivity index (χ0) is 19.1. The Hall–Kier alpha value is -2.91. The van der Waals surface area contributed by atoms with Crippen LogP contribution in [0.1, 0.15) is 10.4 Å². The van der Waals surface area contributed by atoms with Gasteiger partial charge in [-0.1, -0.05) is 0 Å². The number of rotatable bonds is 3. The summed E-state index contributed by atoms with van der Waals surface area (Å²) in [6.07, 6.45) is -3.58. The average Bonchev–Trinajstić information content (AvgIpc) is 3.22. The van der Waals surface area contributed by atoms with Crippen molar-refractivity contribution in [1.82, 2.24) is 15.1 Å². The summed E-state index contributed by atoms with van der Waals surface area (Å²) >= 11 is 0. The normalized spacial score (nSPS) is 20.4. The lowest BCUT2D eigenvalue weighted by Gasteiger charge is -2.18. The molecule has 6 nitrogen and oxygen atoms in total. The van der Waals surface area contributed by atoms with Crippen molar-refractivity contribution in [3.8, 4) is 11.3 Å². The Bertz CT molecular complexity index is 832. The van der Waals surface area contributed by atoms with Crippen molar-refractivity contribution in [2.45, 2.75) is 6.18 Å². The molecule has 1 saturated heterocycles. The van der Waals surface area contributed by atoms with E-state index in [1.54, 1.807) is 0 Å². The molecule has 0 unspecified atom stereocenters. The lowest BCUT2D eigenvalue weighted by atomic mass is 9.96. The molecule has 1 aliphatic rings. The number of H-pyrrole nitrogens is 1. The van der Waals surface area contributed by atoms with Gasteiger partial charge in [-0.3, -0.25) is 14.7 Å². The number of carbonyl (C=O) groups is 2. The minimum absolute atomic E-state index is 0.0106. The molecule has 26 heavy (non-hydrogen) atoms. The van der Waals surface area contributed by atoms with Crippen LogP contribution in [0.3, 0.4) is 0 Å². The van der Waals surface area contributed by atoms with Crippen LogP contribution in [-0.2, 0) is 4.79 Å². The maximum absolute atomic E-state index is 13.1.